The number of pyridine rings is 1. The van der Waals surface area contributed by atoms with Crippen LogP contribution in [0.2, 0.25) is 5.02 Å². The van der Waals surface area contributed by atoms with Crippen LogP contribution in [0.1, 0.15) is 31.0 Å². The van der Waals surface area contributed by atoms with E-state index < -0.39 is 5.41 Å². The number of carbonyl (C=O) groups is 1. The summed E-state index contributed by atoms with van der Waals surface area (Å²) in [5.41, 5.74) is 4.29. The summed E-state index contributed by atoms with van der Waals surface area (Å²) in [6, 6.07) is 13.4. The second kappa shape index (κ2) is 7.03. The van der Waals surface area contributed by atoms with Crippen LogP contribution >= 0.6 is 11.6 Å². The molecule has 2 aliphatic rings. The number of nitrogens with one attached hydrogen (secondary N) is 1. The molecular formula is C24H23ClN2O3. The lowest BCUT2D eigenvalue weighted by Crippen LogP contribution is -2.28. The minimum absolute atomic E-state index is 0. The second-order valence-corrected chi connectivity index (χ2v) is 8.26. The zero-order valence-corrected chi connectivity index (χ0v) is 17.5. The summed E-state index contributed by atoms with van der Waals surface area (Å²) in [5.74, 6) is 1.96. The number of halogens is 1. The maximum atomic E-state index is 13.2. The molecule has 5 nitrogen and oxygen atoms in total. The molecular weight excluding hydrogens is 400 g/mol. The molecule has 6 heteroatoms. The standard InChI is InChI=1S/C24H21ClN2O3.H2/c1-14-15(2)22(26-12-18(14)17-5-3-4-6-19(17)25)27-23(28)24(9-10-24)16-7-8-20-21(11-16)30-13-29-20;/h3-8,11-12H,9-10,13H2,1-2H3,(H,26,27,28);1H. The lowest BCUT2D eigenvalue weighted by molar-refractivity contribution is -0.118. The number of anilines is 1. The van der Waals surface area contributed by atoms with E-state index in [0.29, 0.717) is 16.6 Å². The highest BCUT2D eigenvalue weighted by Crippen LogP contribution is 2.51. The first kappa shape index (κ1) is 18.9. The van der Waals surface area contributed by atoms with Gasteiger partial charge in [0.15, 0.2) is 11.5 Å². The molecule has 1 saturated carbocycles. The molecule has 1 N–H and O–H groups in total. The quantitative estimate of drug-likeness (QED) is 0.589. The van der Waals surface area contributed by atoms with E-state index in [1.54, 1.807) is 6.20 Å². The van der Waals surface area contributed by atoms with Crippen LogP contribution in [-0.4, -0.2) is 17.7 Å². The van der Waals surface area contributed by atoms with Crippen molar-refractivity contribution in [2.45, 2.75) is 32.1 Å². The molecule has 1 fully saturated rings. The van der Waals surface area contributed by atoms with Gasteiger partial charge in [0, 0.05) is 23.8 Å². The van der Waals surface area contributed by atoms with Crippen LogP contribution in [0.5, 0.6) is 11.5 Å². The topological polar surface area (TPSA) is 60.5 Å². The van der Waals surface area contributed by atoms with Gasteiger partial charge in [0.2, 0.25) is 12.7 Å². The Morgan fingerprint density at radius 2 is 1.83 bits per heavy atom. The average Bonchev–Trinajstić information content (AvgIpc) is 3.43. The first-order chi connectivity index (χ1) is 14.5. The van der Waals surface area contributed by atoms with Crippen molar-refractivity contribution < 1.29 is 15.7 Å². The molecule has 0 radical (unpaired) electrons. The molecule has 5 rings (SSSR count). The molecule has 0 atom stereocenters. The Morgan fingerprint density at radius 3 is 2.60 bits per heavy atom. The van der Waals surface area contributed by atoms with Gasteiger partial charge in [-0.3, -0.25) is 4.79 Å². The zero-order chi connectivity index (χ0) is 20.9. The Balaban J connectivity index is 0.00000231. The van der Waals surface area contributed by atoms with Crippen molar-refractivity contribution >= 4 is 23.3 Å². The molecule has 0 bridgehead atoms. The Morgan fingerprint density at radius 1 is 1.07 bits per heavy atom. The summed E-state index contributed by atoms with van der Waals surface area (Å²) >= 11 is 6.37. The highest BCUT2D eigenvalue weighted by atomic mass is 35.5. The number of benzene rings is 2. The largest absolute Gasteiger partial charge is 0.454 e. The van der Waals surface area contributed by atoms with E-state index in [2.05, 4.69) is 10.3 Å². The second-order valence-electron chi connectivity index (χ2n) is 7.85. The van der Waals surface area contributed by atoms with Gasteiger partial charge in [-0.2, -0.15) is 0 Å². The van der Waals surface area contributed by atoms with Crippen LogP contribution in [-0.2, 0) is 10.2 Å². The van der Waals surface area contributed by atoms with E-state index in [4.69, 9.17) is 21.1 Å². The van der Waals surface area contributed by atoms with Crippen LogP contribution in [0.3, 0.4) is 0 Å². The molecule has 3 aromatic rings. The first-order valence-corrected chi connectivity index (χ1v) is 10.3. The van der Waals surface area contributed by atoms with Crippen LogP contribution in [0, 0.1) is 13.8 Å². The number of nitrogens with zero attached hydrogens (tertiary/aromatic N) is 1. The van der Waals surface area contributed by atoms with Crippen molar-refractivity contribution in [1.29, 1.82) is 0 Å². The van der Waals surface area contributed by atoms with Gasteiger partial charge in [0.25, 0.3) is 0 Å². The Kier molecular flexibility index (Phi) is 4.44. The van der Waals surface area contributed by atoms with Crippen LogP contribution in [0.25, 0.3) is 11.1 Å². The summed E-state index contributed by atoms with van der Waals surface area (Å²) in [6.07, 6.45) is 3.38. The maximum absolute atomic E-state index is 13.2. The molecule has 1 amide bonds. The average molecular weight is 423 g/mol. The lowest BCUT2D eigenvalue weighted by Gasteiger charge is -2.18. The third kappa shape index (κ3) is 3.01. The minimum atomic E-state index is -0.537. The lowest BCUT2D eigenvalue weighted by atomic mass is 9.94. The van der Waals surface area contributed by atoms with Crippen molar-refractivity contribution in [3.05, 3.63) is 70.4 Å². The van der Waals surface area contributed by atoms with Gasteiger partial charge in [0.1, 0.15) is 5.82 Å². The molecule has 0 unspecified atom stereocenters. The monoisotopic (exact) mass is 422 g/mol. The number of amides is 1. The molecule has 2 aromatic carbocycles. The van der Waals surface area contributed by atoms with Gasteiger partial charge in [-0.1, -0.05) is 35.9 Å². The van der Waals surface area contributed by atoms with Gasteiger partial charge in [0.05, 0.1) is 5.41 Å². The first-order valence-electron chi connectivity index (χ1n) is 9.92. The minimum Gasteiger partial charge on any atom is -0.454 e. The van der Waals surface area contributed by atoms with Gasteiger partial charge in [-0.25, -0.2) is 4.98 Å². The molecule has 1 aliphatic carbocycles. The Hall–Kier alpha value is -3.05. The Labute approximate surface area is 181 Å². The fraction of sp³-hybridized carbons (Fsp3) is 0.250. The Bertz CT molecular complexity index is 1180. The third-order valence-corrected chi connectivity index (χ3v) is 6.48. The van der Waals surface area contributed by atoms with E-state index >= 15 is 0 Å². The summed E-state index contributed by atoms with van der Waals surface area (Å²) in [7, 11) is 0. The maximum Gasteiger partial charge on any atom is 0.236 e. The van der Waals surface area contributed by atoms with E-state index in [-0.39, 0.29) is 14.1 Å². The summed E-state index contributed by atoms with van der Waals surface area (Å²) in [4.78, 5) is 17.8. The molecule has 0 saturated heterocycles. The summed E-state index contributed by atoms with van der Waals surface area (Å²) in [5, 5.41) is 3.74. The van der Waals surface area contributed by atoms with Gasteiger partial charge < -0.3 is 14.8 Å². The predicted molar refractivity (Wildman–Crippen MR) is 118 cm³/mol. The fourth-order valence-electron chi connectivity index (χ4n) is 3.97. The van der Waals surface area contributed by atoms with E-state index in [1.807, 2.05) is 56.3 Å². The van der Waals surface area contributed by atoms with Gasteiger partial charge in [-0.15, -0.1) is 0 Å². The molecule has 154 valence electrons. The fourth-order valence-corrected chi connectivity index (χ4v) is 4.21. The SMILES string of the molecule is Cc1c(-c2ccccc2Cl)cnc(NC(=O)C2(c3ccc4c(c3)OCO4)CC2)c1C.[HH]. The third-order valence-electron chi connectivity index (χ3n) is 6.15. The number of fused-ring (bicyclic) bond motifs is 1. The molecule has 2 heterocycles. The van der Waals surface area contributed by atoms with Crippen molar-refractivity contribution in [2.24, 2.45) is 0 Å². The normalized spacial score (nSPS) is 15.7. The van der Waals surface area contributed by atoms with Gasteiger partial charge >= 0.3 is 0 Å². The smallest absolute Gasteiger partial charge is 0.236 e. The van der Waals surface area contributed by atoms with E-state index in [1.165, 1.54) is 0 Å². The number of aromatic nitrogens is 1. The van der Waals surface area contributed by atoms with Crippen LogP contribution in [0.15, 0.2) is 48.7 Å². The number of ether oxygens (including phenoxy) is 2. The van der Waals surface area contributed by atoms with Crippen molar-refractivity contribution in [3.63, 3.8) is 0 Å². The molecule has 30 heavy (non-hydrogen) atoms. The van der Waals surface area contributed by atoms with E-state index in [9.17, 15) is 4.79 Å². The van der Waals surface area contributed by atoms with Gasteiger partial charge in [-0.05, 0) is 61.6 Å². The number of hydrogen-bond donors (Lipinski definition) is 1. The van der Waals surface area contributed by atoms with Crippen molar-refractivity contribution in [2.75, 3.05) is 12.1 Å². The molecule has 1 aromatic heterocycles. The molecule has 0 spiro atoms. The molecule has 1 aliphatic heterocycles. The van der Waals surface area contributed by atoms with E-state index in [0.717, 1.165) is 46.4 Å². The number of carbonyl (C=O) groups excluding carboxylic acids is 1. The van der Waals surface area contributed by atoms with Crippen molar-refractivity contribution in [3.8, 4) is 22.6 Å². The van der Waals surface area contributed by atoms with Crippen molar-refractivity contribution in [1.82, 2.24) is 4.98 Å². The zero-order valence-electron chi connectivity index (χ0n) is 16.8. The van der Waals surface area contributed by atoms with Crippen LogP contribution in [0.4, 0.5) is 5.82 Å². The highest BCUT2D eigenvalue weighted by molar-refractivity contribution is 6.33. The summed E-state index contributed by atoms with van der Waals surface area (Å²) < 4.78 is 10.9. The highest BCUT2D eigenvalue weighted by Gasteiger charge is 2.52. The summed E-state index contributed by atoms with van der Waals surface area (Å²) in [6.45, 7) is 4.21. The number of hydrogen-bond acceptors (Lipinski definition) is 4. The van der Waals surface area contributed by atoms with Crippen LogP contribution < -0.4 is 14.8 Å². The predicted octanol–water partition coefficient (Wildman–Crippen LogP) is 5.66. The number of rotatable bonds is 4.